The van der Waals surface area contributed by atoms with Crippen molar-refractivity contribution in [3.63, 3.8) is 0 Å². The smallest absolute Gasteiger partial charge is 0.160 e. The number of methoxy groups -OCH3 is 1. The molecule has 0 aliphatic heterocycles. The minimum atomic E-state index is 0.111. The van der Waals surface area contributed by atoms with Crippen molar-refractivity contribution in [2.75, 3.05) is 13.7 Å². The fourth-order valence-electron chi connectivity index (χ4n) is 1.67. The number of ether oxygens (including phenoxy) is 1. The highest BCUT2D eigenvalue weighted by Gasteiger charge is 2.04. The summed E-state index contributed by atoms with van der Waals surface area (Å²) in [6, 6.07) is 7.89. The minimum Gasteiger partial charge on any atom is -0.377 e. The van der Waals surface area contributed by atoms with Gasteiger partial charge in [0.1, 0.15) is 6.61 Å². The van der Waals surface area contributed by atoms with Gasteiger partial charge >= 0.3 is 0 Å². The topological polar surface area (TPSA) is 44.1 Å². The average Bonchev–Trinajstić information content (AvgIpc) is 2.70. The van der Waals surface area contributed by atoms with Gasteiger partial charge < -0.3 is 9.30 Å². The summed E-state index contributed by atoms with van der Waals surface area (Å²) in [5.74, 6) is 0.111. The maximum absolute atomic E-state index is 11.3. The van der Waals surface area contributed by atoms with Crippen molar-refractivity contribution in [2.45, 2.75) is 13.0 Å². The number of hydrogen-bond donors (Lipinski definition) is 0. The molecule has 0 saturated heterocycles. The van der Waals surface area contributed by atoms with E-state index in [-0.39, 0.29) is 12.4 Å². The quantitative estimate of drug-likeness (QED) is 0.766. The fourth-order valence-corrected chi connectivity index (χ4v) is 1.67. The highest BCUT2D eigenvalue weighted by molar-refractivity contribution is 5.80. The molecule has 0 saturated carbocycles. The van der Waals surface area contributed by atoms with Crippen LogP contribution in [0.3, 0.4) is 0 Å². The van der Waals surface area contributed by atoms with E-state index in [9.17, 15) is 4.79 Å². The molecule has 0 N–H and O–H groups in total. The molecule has 16 heavy (non-hydrogen) atoms. The van der Waals surface area contributed by atoms with E-state index in [0.29, 0.717) is 13.0 Å². The molecule has 84 valence electrons. The van der Waals surface area contributed by atoms with Gasteiger partial charge in [-0.2, -0.15) is 0 Å². The van der Waals surface area contributed by atoms with Gasteiger partial charge in [-0.05, 0) is 12.1 Å². The monoisotopic (exact) mass is 218 g/mol. The van der Waals surface area contributed by atoms with Crippen molar-refractivity contribution in [1.29, 1.82) is 0 Å². The molecule has 0 aliphatic carbocycles. The van der Waals surface area contributed by atoms with Crippen LogP contribution in [-0.2, 0) is 16.1 Å². The Kier molecular flexibility index (Phi) is 3.31. The van der Waals surface area contributed by atoms with Crippen LogP contribution in [0, 0.1) is 0 Å². The third kappa shape index (κ3) is 2.28. The van der Waals surface area contributed by atoms with Gasteiger partial charge in [0.05, 0.1) is 17.4 Å². The van der Waals surface area contributed by atoms with Gasteiger partial charge in [-0.3, -0.25) is 4.79 Å². The average molecular weight is 218 g/mol. The molecule has 0 atom stereocenters. The Hall–Kier alpha value is -1.68. The van der Waals surface area contributed by atoms with E-state index >= 15 is 0 Å². The molecule has 1 aromatic carbocycles. The van der Waals surface area contributed by atoms with Gasteiger partial charge in [0.25, 0.3) is 0 Å². The first kappa shape index (κ1) is 10.8. The number of fused-ring (bicyclic) bond motifs is 1. The van der Waals surface area contributed by atoms with Crippen molar-refractivity contribution in [3.05, 3.63) is 30.6 Å². The number of rotatable bonds is 5. The number of imidazole rings is 1. The van der Waals surface area contributed by atoms with Gasteiger partial charge in [0.2, 0.25) is 0 Å². The largest absolute Gasteiger partial charge is 0.377 e. The number of aryl methyl sites for hydroxylation is 1. The molecule has 2 rings (SSSR count). The van der Waals surface area contributed by atoms with E-state index in [4.69, 9.17) is 4.74 Å². The summed E-state index contributed by atoms with van der Waals surface area (Å²) in [5.41, 5.74) is 2.02. The third-order valence-electron chi connectivity index (χ3n) is 2.46. The van der Waals surface area contributed by atoms with Crippen molar-refractivity contribution >= 4 is 16.8 Å². The summed E-state index contributed by atoms with van der Waals surface area (Å²) >= 11 is 0. The second-order valence-corrected chi connectivity index (χ2v) is 3.65. The van der Waals surface area contributed by atoms with Crippen LogP contribution in [-0.4, -0.2) is 29.1 Å². The van der Waals surface area contributed by atoms with Gasteiger partial charge in [-0.1, -0.05) is 12.1 Å². The van der Waals surface area contributed by atoms with Crippen molar-refractivity contribution in [3.8, 4) is 0 Å². The van der Waals surface area contributed by atoms with E-state index in [1.807, 2.05) is 28.8 Å². The Balaban J connectivity index is 2.07. The third-order valence-corrected chi connectivity index (χ3v) is 2.46. The molecular formula is C12H14N2O2. The predicted octanol–water partition coefficient (Wildman–Crippen LogP) is 1.64. The second kappa shape index (κ2) is 4.90. The first-order chi connectivity index (χ1) is 7.81. The normalized spacial score (nSPS) is 10.8. The Morgan fingerprint density at radius 3 is 3.06 bits per heavy atom. The van der Waals surface area contributed by atoms with Crippen LogP contribution in [0.1, 0.15) is 6.42 Å². The summed E-state index contributed by atoms with van der Waals surface area (Å²) in [6.07, 6.45) is 2.25. The molecule has 0 aliphatic rings. The van der Waals surface area contributed by atoms with Crippen LogP contribution in [0.15, 0.2) is 30.6 Å². The molecule has 0 fully saturated rings. The molecule has 1 heterocycles. The highest BCUT2D eigenvalue weighted by Crippen LogP contribution is 2.12. The SMILES string of the molecule is COCC(=O)CCn1cnc2ccccc21. The molecule has 0 radical (unpaired) electrons. The summed E-state index contributed by atoms with van der Waals surface area (Å²) < 4.78 is 6.78. The molecule has 0 amide bonds. The predicted molar refractivity (Wildman–Crippen MR) is 61.2 cm³/mol. The van der Waals surface area contributed by atoms with Crippen molar-refractivity contribution in [2.24, 2.45) is 0 Å². The molecule has 0 unspecified atom stereocenters. The summed E-state index contributed by atoms with van der Waals surface area (Å²) in [4.78, 5) is 15.6. The molecule has 0 spiro atoms. The number of hydrogen-bond acceptors (Lipinski definition) is 3. The molecule has 4 nitrogen and oxygen atoms in total. The van der Waals surface area contributed by atoms with Gasteiger partial charge in [0.15, 0.2) is 5.78 Å². The number of nitrogens with zero attached hydrogens (tertiary/aromatic N) is 2. The highest BCUT2D eigenvalue weighted by atomic mass is 16.5. The van der Waals surface area contributed by atoms with E-state index in [1.165, 1.54) is 7.11 Å². The Bertz CT molecular complexity index is 490. The van der Waals surface area contributed by atoms with Crippen LogP contribution in [0.25, 0.3) is 11.0 Å². The number of ketones is 1. The Morgan fingerprint density at radius 2 is 2.25 bits per heavy atom. The van der Waals surface area contributed by atoms with Crippen LogP contribution in [0.4, 0.5) is 0 Å². The van der Waals surface area contributed by atoms with Crippen molar-refractivity contribution in [1.82, 2.24) is 9.55 Å². The molecule has 4 heteroatoms. The summed E-state index contributed by atoms with van der Waals surface area (Å²) in [6.45, 7) is 0.843. The van der Waals surface area contributed by atoms with E-state index in [0.717, 1.165) is 11.0 Å². The lowest BCUT2D eigenvalue weighted by molar-refractivity contribution is -0.122. The van der Waals surface area contributed by atoms with Crippen LogP contribution >= 0.6 is 0 Å². The Labute approximate surface area is 93.9 Å². The standard InChI is InChI=1S/C12H14N2O2/c1-16-8-10(15)6-7-14-9-13-11-4-2-3-5-12(11)14/h2-5,9H,6-8H2,1H3. The minimum absolute atomic E-state index is 0.111. The maximum Gasteiger partial charge on any atom is 0.160 e. The fraction of sp³-hybridized carbons (Fsp3) is 0.333. The van der Waals surface area contributed by atoms with Gasteiger partial charge in [0, 0.05) is 20.1 Å². The van der Waals surface area contributed by atoms with Gasteiger partial charge in [-0.25, -0.2) is 4.98 Å². The van der Waals surface area contributed by atoms with Crippen molar-refractivity contribution < 1.29 is 9.53 Å². The van der Waals surface area contributed by atoms with Crippen LogP contribution in [0.2, 0.25) is 0 Å². The van der Waals surface area contributed by atoms with Gasteiger partial charge in [-0.15, -0.1) is 0 Å². The summed E-state index contributed by atoms with van der Waals surface area (Å²) in [7, 11) is 1.53. The lowest BCUT2D eigenvalue weighted by Crippen LogP contribution is -2.10. The number of Topliss-reactive ketones (excluding diaryl/α,β-unsaturated/α-hetero) is 1. The summed E-state index contributed by atoms with van der Waals surface area (Å²) in [5, 5.41) is 0. The maximum atomic E-state index is 11.3. The number of carbonyl (C=O) groups is 1. The number of benzene rings is 1. The van der Waals surface area contributed by atoms with Crippen LogP contribution < -0.4 is 0 Å². The van der Waals surface area contributed by atoms with E-state index in [2.05, 4.69) is 4.98 Å². The molecular weight excluding hydrogens is 204 g/mol. The van der Waals surface area contributed by atoms with E-state index < -0.39 is 0 Å². The molecule has 1 aromatic heterocycles. The lowest BCUT2D eigenvalue weighted by Gasteiger charge is -2.03. The van der Waals surface area contributed by atoms with Crippen LogP contribution in [0.5, 0.6) is 0 Å². The zero-order valence-corrected chi connectivity index (χ0v) is 9.22. The Morgan fingerprint density at radius 1 is 1.44 bits per heavy atom. The first-order valence-corrected chi connectivity index (χ1v) is 5.22. The molecule has 2 aromatic rings. The lowest BCUT2D eigenvalue weighted by atomic mass is 10.3. The molecule has 0 bridgehead atoms. The zero-order valence-electron chi connectivity index (χ0n) is 9.22. The number of carbonyl (C=O) groups excluding carboxylic acids is 1. The first-order valence-electron chi connectivity index (χ1n) is 5.22. The second-order valence-electron chi connectivity index (χ2n) is 3.65. The number of aromatic nitrogens is 2. The zero-order chi connectivity index (χ0) is 11.4. The van der Waals surface area contributed by atoms with E-state index in [1.54, 1.807) is 6.33 Å². The number of para-hydroxylation sites is 2.